The third kappa shape index (κ3) is 3.32. The van der Waals surface area contributed by atoms with Crippen molar-refractivity contribution >= 4 is 5.97 Å². The summed E-state index contributed by atoms with van der Waals surface area (Å²) in [5.74, 6) is 2.31. The van der Waals surface area contributed by atoms with Gasteiger partial charge in [0.25, 0.3) is 0 Å². The number of esters is 1. The van der Waals surface area contributed by atoms with Gasteiger partial charge in [-0.2, -0.15) is 0 Å². The highest BCUT2D eigenvalue weighted by atomic mass is 16.6. The van der Waals surface area contributed by atoms with E-state index in [-0.39, 0.29) is 34.1 Å². The third-order valence-corrected chi connectivity index (χ3v) is 12.6. The third-order valence-electron chi connectivity index (χ3n) is 12.6. The van der Waals surface area contributed by atoms with Crippen LogP contribution in [-0.4, -0.2) is 34.0 Å². The smallest absolute Gasteiger partial charge is 0.306 e. The molecule has 9 atom stereocenters. The molecule has 0 amide bonds. The molecule has 2 saturated heterocycles. The summed E-state index contributed by atoms with van der Waals surface area (Å²) in [4.78, 5) is 12.5. The van der Waals surface area contributed by atoms with E-state index in [0.29, 0.717) is 35.5 Å². The van der Waals surface area contributed by atoms with Crippen LogP contribution in [0.25, 0.3) is 0 Å². The molecule has 194 valence electrons. The topological polar surface area (TPSA) is 55.8 Å². The average molecular weight is 475 g/mol. The summed E-state index contributed by atoms with van der Waals surface area (Å²) in [6.45, 7) is 18.2. The van der Waals surface area contributed by atoms with Crippen molar-refractivity contribution in [3.05, 3.63) is 0 Å². The molecule has 3 saturated carbocycles. The molecule has 5 aliphatic rings. The maximum atomic E-state index is 12.5. The molecule has 34 heavy (non-hydrogen) atoms. The quantitative estimate of drug-likeness (QED) is 0.454. The van der Waals surface area contributed by atoms with Crippen LogP contribution >= 0.6 is 0 Å². The van der Waals surface area contributed by atoms with Gasteiger partial charge in [-0.1, -0.05) is 20.8 Å². The Balaban J connectivity index is 1.45. The van der Waals surface area contributed by atoms with Gasteiger partial charge >= 0.3 is 5.97 Å². The summed E-state index contributed by atoms with van der Waals surface area (Å²) < 4.78 is 12.7. The molecule has 4 nitrogen and oxygen atoms in total. The first-order valence-corrected chi connectivity index (χ1v) is 14.2. The van der Waals surface area contributed by atoms with Crippen molar-refractivity contribution in [3.8, 4) is 0 Å². The first-order chi connectivity index (χ1) is 15.6. The second kappa shape index (κ2) is 7.46. The molecule has 0 unspecified atom stereocenters. The monoisotopic (exact) mass is 474 g/mol. The molecule has 0 aromatic carbocycles. The maximum absolute atomic E-state index is 12.5. The number of carbonyl (C=O) groups is 1. The number of ether oxygens (including phenoxy) is 2. The van der Waals surface area contributed by atoms with Gasteiger partial charge in [0.05, 0.1) is 17.3 Å². The van der Waals surface area contributed by atoms with Gasteiger partial charge in [0.1, 0.15) is 5.60 Å². The van der Waals surface area contributed by atoms with Crippen molar-refractivity contribution < 1.29 is 19.4 Å². The second-order valence-electron chi connectivity index (χ2n) is 15.0. The number of hydrogen-bond acceptors (Lipinski definition) is 4. The van der Waals surface area contributed by atoms with Gasteiger partial charge in [0.15, 0.2) is 0 Å². The average Bonchev–Trinajstić information content (AvgIpc) is 3.26. The molecule has 5 rings (SSSR count). The lowest BCUT2D eigenvalue weighted by Crippen LogP contribution is -2.62. The zero-order valence-electron chi connectivity index (χ0n) is 23.1. The van der Waals surface area contributed by atoms with Crippen molar-refractivity contribution in [1.82, 2.24) is 0 Å². The van der Waals surface area contributed by atoms with Gasteiger partial charge in [0, 0.05) is 12.3 Å². The predicted molar refractivity (Wildman–Crippen MR) is 134 cm³/mol. The molecule has 0 bridgehead atoms. The minimum atomic E-state index is -0.776. The Morgan fingerprint density at radius 3 is 2.12 bits per heavy atom. The van der Waals surface area contributed by atoms with Crippen molar-refractivity contribution in [2.75, 3.05) is 0 Å². The lowest BCUT2D eigenvalue weighted by atomic mass is 9.37. The Morgan fingerprint density at radius 2 is 1.47 bits per heavy atom. The molecular weight excluding hydrogens is 424 g/mol. The Hall–Kier alpha value is -0.610. The molecule has 1 N–H and O–H groups in total. The Morgan fingerprint density at radius 1 is 0.794 bits per heavy atom. The fourth-order valence-electron chi connectivity index (χ4n) is 10.8. The molecule has 0 spiro atoms. The van der Waals surface area contributed by atoms with Crippen molar-refractivity contribution in [1.29, 1.82) is 0 Å². The van der Waals surface area contributed by atoms with E-state index in [1.54, 1.807) is 0 Å². The van der Waals surface area contributed by atoms with Crippen LogP contribution in [0, 0.1) is 39.9 Å². The summed E-state index contributed by atoms with van der Waals surface area (Å²) in [6, 6.07) is 0. The SMILES string of the molecule is CC(C)(O)[C@@H]1CC[C@@](C)([C@H]2CC[C@]3(C)[C@@H]2CC[C@@H]2[C@@]4(C)CCC(=O)OC(C)(C)[C@H]4CC[C@]23C)O1. The number of hydrogen-bond donors (Lipinski definition) is 1. The highest BCUT2D eigenvalue weighted by molar-refractivity contribution is 5.70. The minimum Gasteiger partial charge on any atom is -0.459 e. The van der Waals surface area contributed by atoms with Crippen molar-refractivity contribution in [2.45, 2.75) is 143 Å². The molecule has 0 radical (unpaired) electrons. The highest BCUT2D eigenvalue weighted by Gasteiger charge is 2.69. The largest absolute Gasteiger partial charge is 0.459 e. The van der Waals surface area contributed by atoms with E-state index in [2.05, 4.69) is 41.5 Å². The highest BCUT2D eigenvalue weighted by Crippen LogP contribution is 2.75. The predicted octanol–water partition coefficient (Wildman–Crippen LogP) is 6.68. The summed E-state index contributed by atoms with van der Waals surface area (Å²) in [7, 11) is 0. The van der Waals surface area contributed by atoms with Crippen LogP contribution in [0.3, 0.4) is 0 Å². The van der Waals surface area contributed by atoms with Gasteiger partial charge in [-0.05, 0) is 126 Å². The number of rotatable bonds is 2. The molecule has 4 heteroatoms. The second-order valence-corrected chi connectivity index (χ2v) is 15.0. The van der Waals surface area contributed by atoms with Crippen LogP contribution < -0.4 is 0 Å². The van der Waals surface area contributed by atoms with Crippen LogP contribution in [-0.2, 0) is 14.3 Å². The molecule has 2 aliphatic heterocycles. The van der Waals surface area contributed by atoms with E-state index in [0.717, 1.165) is 25.7 Å². The molecular formula is C30H50O4. The van der Waals surface area contributed by atoms with E-state index in [1.165, 1.54) is 32.1 Å². The van der Waals surface area contributed by atoms with Gasteiger partial charge in [-0.25, -0.2) is 0 Å². The normalized spacial score (nSPS) is 52.9. The number of aliphatic hydroxyl groups is 1. The molecule has 0 aromatic heterocycles. The first kappa shape index (κ1) is 25.1. The minimum absolute atomic E-state index is 0.00387. The zero-order valence-corrected chi connectivity index (χ0v) is 23.1. The van der Waals surface area contributed by atoms with Gasteiger partial charge < -0.3 is 14.6 Å². The molecule has 0 aromatic rings. The molecule has 3 aliphatic carbocycles. The van der Waals surface area contributed by atoms with Gasteiger partial charge in [-0.15, -0.1) is 0 Å². The van der Waals surface area contributed by atoms with Crippen molar-refractivity contribution in [2.24, 2.45) is 39.9 Å². The fourth-order valence-corrected chi connectivity index (χ4v) is 10.8. The van der Waals surface area contributed by atoms with Gasteiger partial charge in [0.2, 0.25) is 0 Å². The lowest BCUT2D eigenvalue weighted by Gasteiger charge is -2.67. The van der Waals surface area contributed by atoms with Crippen LogP contribution in [0.4, 0.5) is 0 Å². The van der Waals surface area contributed by atoms with E-state index in [1.807, 2.05) is 13.8 Å². The van der Waals surface area contributed by atoms with Crippen molar-refractivity contribution in [3.63, 3.8) is 0 Å². The number of cyclic esters (lactones) is 1. The van der Waals surface area contributed by atoms with E-state index >= 15 is 0 Å². The molecule has 5 fully saturated rings. The fraction of sp³-hybridized carbons (Fsp3) is 0.967. The van der Waals surface area contributed by atoms with Crippen LogP contribution in [0.2, 0.25) is 0 Å². The standard InChI is InChI=1S/C30H50O4/c1-25(2,32)23-13-18-30(8,33-23)20-11-16-28(6)19(20)9-10-22-27(5)15-14-24(31)34-26(3,4)21(27)12-17-29(22,28)7/h19-23,32H,9-18H2,1-8H3/t19-,20+,21-,22-,23+,27+,28-,29-,30+/m1/s1. The summed E-state index contributed by atoms with van der Waals surface area (Å²) >= 11 is 0. The number of carbonyl (C=O) groups excluding carboxylic acids is 1. The zero-order chi connectivity index (χ0) is 24.9. The summed E-state index contributed by atoms with van der Waals surface area (Å²) in [5, 5.41) is 10.6. The lowest BCUT2D eigenvalue weighted by molar-refractivity contribution is -0.210. The maximum Gasteiger partial charge on any atom is 0.306 e. The Kier molecular flexibility index (Phi) is 5.50. The first-order valence-electron chi connectivity index (χ1n) is 14.2. The molecule has 2 heterocycles. The van der Waals surface area contributed by atoms with E-state index in [4.69, 9.17) is 9.47 Å². The van der Waals surface area contributed by atoms with Crippen LogP contribution in [0.15, 0.2) is 0 Å². The van der Waals surface area contributed by atoms with E-state index in [9.17, 15) is 9.90 Å². The summed E-state index contributed by atoms with van der Waals surface area (Å²) in [6.07, 6.45) is 10.9. The van der Waals surface area contributed by atoms with Gasteiger partial charge in [-0.3, -0.25) is 4.79 Å². The van der Waals surface area contributed by atoms with Crippen LogP contribution in [0.5, 0.6) is 0 Å². The number of fused-ring (bicyclic) bond motifs is 5. The van der Waals surface area contributed by atoms with E-state index < -0.39 is 5.60 Å². The Labute approximate surface area is 207 Å². The van der Waals surface area contributed by atoms with Crippen LogP contribution in [0.1, 0.15) is 120 Å². The summed E-state index contributed by atoms with van der Waals surface area (Å²) in [5.41, 5.74) is -0.547. The Bertz CT molecular complexity index is 843.